The third-order valence-electron chi connectivity index (χ3n) is 11.6. The van der Waals surface area contributed by atoms with Crippen molar-refractivity contribution in [2.24, 2.45) is 17.3 Å². The van der Waals surface area contributed by atoms with E-state index in [9.17, 15) is 33.5 Å². The SMILES string of the molecule is CCCCCCN(C(=O)[C@@H](NC(=O)[C@H]1CCCCN1C)[C@@H](C)CC)[C@H](C[C@@H](OC(C)=O)c1nc(C(=O)N[C@@H](Cc2ccc(F)c(N)c2)CC(C)(C)C(=O)O)cs1)C(C)C. The Morgan fingerprint density at radius 3 is 2.41 bits per heavy atom. The minimum absolute atomic E-state index is 0.0553. The van der Waals surface area contributed by atoms with Gasteiger partial charge in [-0.2, -0.15) is 0 Å². The number of halogens is 1. The highest BCUT2D eigenvalue weighted by molar-refractivity contribution is 7.09. The summed E-state index contributed by atoms with van der Waals surface area (Å²) in [5.41, 5.74) is 5.21. The second-order valence-corrected chi connectivity index (χ2v) is 18.2. The molecule has 1 fully saturated rings. The van der Waals surface area contributed by atoms with E-state index in [1.165, 1.54) is 19.1 Å². The first-order valence-corrected chi connectivity index (χ1v) is 22.2. The van der Waals surface area contributed by atoms with Crippen LogP contribution in [-0.4, -0.2) is 93.9 Å². The molecule has 13 nitrogen and oxygen atoms in total. The Balaban J connectivity index is 1.95. The van der Waals surface area contributed by atoms with Gasteiger partial charge in [0.1, 0.15) is 22.6 Å². The number of hydrogen-bond acceptors (Lipinski definition) is 10. The summed E-state index contributed by atoms with van der Waals surface area (Å²) in [6.45, 7) is 15.9. The summed E-state index contributed by atoms with van der Waals surface area (Å²) >= 11 is 1.15. The van der Waals surface area contributed by atoms with Crippen LogP contribution in [0, 0.1) is 23.1 Å². The fraction of sp³-hybridized carbons (Fsp3) is 0.682. The molecule has 0 radical (unpaired) electrons. The number of ether oxygens (including phenoxy) is 1. The number of nitrogens with zero attached hydrogens (tertiary/aromatic N) is 3. The van der Waals surface area contributed by atoms with E-state index in [0.717, 1.165) is 62.8 Å². The molecule has 6 atom stereocenters. The van der Waals surface area contributed by atoms with Crippen LogP contribution in [-0.2, 0) is 30.3 Å². The highest BCUT2D eigenvalue weighted by Gasteiger charge is 2.39. The van der Waals surface area contributed by atoms with Gasteiger partial charge in [0.25, 0.3) is 5.91 Å². The van der Waals surface area contributed by atoms with Crippen molar-refractivity contribution in [1.29, 1.82) is 0 Å². The van der Waals surface area contributed by atoms with E-state index in [1.807, 2.05) is 39.6 Å². The summed E-state index contributed by atoms with van der Waals surface area (Å²) in [5, 5.41) is 17.9. The van der Waals surface area contributed by atoms with Crippen LogP contribution in [0.1, 0.15) is 147 Å². The number of piperidine rings is 1. The summed E-state index contributed by atoms with van der Waals surface area (Å²) in [6, 6.07) is 2.10. The Morgan fingerprint density at radius 1 is 1.10 bits per heavy atom. The van der Waals surface area contributed by atoms with E-state index < -0.39 is 53.3 Å². The van der Waals surface area contributed by atoms with Crippen LogP contribution >= 0.6 is 11.3 Å². The van der Waals surface area contributed by atoms with E-state index in [4.69, 9.17) is 10.5 Å². The minimum atomic E-state index is -1.20. The molecule has 1 saturated heterocycles. The molecular weight excluding hydrogens is 776 g/mol. The lowest BCUT2D eigenvalue weighted by atomic mass is 9.84. The molecule has 0 spiro atoms. The second-order valence-electron chi connectivity index (χ2n) is 17.3. The molecule has 3 amide bonds. The Hall–Kier alpha value is -4.11. The zero-order valence-corrected chi connectivity index (χ0v) is 37.5. The van der Waals surface area contributed by atoms with E-state index >= 15 is 0 Å². The number of rotatable bonds is 23. The van der Waals surface area contributed by atoms with E-state index in [1.54, 1.807) is 25.3 Å². The fourth-order valence-corrected chi connectivity index (χ4v) is 8.56. The summed E-state index contributed by atoms with van der Waals surface area (Å²) < 4.78 is 19.8. The number of anilines is 1. The smallest absolute Gasteiger partial charge is 0.309 e. The lowest BCUT2D eigenvalue weighted by Gasteiger charge is -2.40. The van der Waals surface area contributed by atoms with Crippen molar-refractivity contribution in [3.63, 3.8) is 0 Å². The first-order valence-electron chi connectivity index (χ1n) is 21.3. The Kier molecular flexibility index (Phi) is 19.2. The van der Waals surface area contributed by atoms with Gasteiger partial charge in [-0.1, -0.05) is 72.8 Å². The average molecular weight is 845 g/mol. The molecule has 1 aromatic heterocycles. The van der Waals surface area contributed by atoms with Crippen molar-refractivity contribution in [3.05, 3.63) is 45.7 Å². The van der Waals surface area contributed by atoms with Crippen LogP contribution in [0.5, 0.6) is 0 Å². The van der Waals surface area contributed by atoms with Gasteiger partial charge < -0.3 is 31.1 Å². The van der Waals surface area contributed by atoms with Crippen molar-refractivity contribution in [2.45, 2.75) is 156 Å². The van der Waals surface area contributed by atoms with Gasteiger partial charge in [0, 0.05) is 37.4 Å². The second kappa shape index (κ2) is 23.0. The van der Waals surface area contributed by atoms with Crippen LogP contribution in [0.4, 0.5) is 10.1 Å². The Labute approximate surface area is 354 Å². The van der Waals surface area contributed by atoms with E-state index in [-0.39, 0.29) is 60.3 Å². The summed E-state index contributed by atoms with van der Waals surface area (Å²) in [5.74, 6) is -3.24. The molecule has 330 valence electrons. The molecule has 15 heteroatoms. The van der Waals surface area contributed by atoms with Crippen LogP contribution in [0.3, 0.4) is 0 Å². The zero-order chi connectivity index (χ0) is 44.0. The number of nitrogen functional groups attached to an aromatic ring is 1. The molecule has 5 N–H and O–H groups in total. The molecule has 0 bridgehead atoms. The number of carboxylic acid groups (broad SMARTS) is 1. The van der Waals surface area contributed by atoms with Crippen molar-refractivity contribution in [3.8, 4) is 0 Å². The number of nitrogens with two attached hydrogens (primary N) is 1. The van der Waals surface area contributed by atoms with Gasteiger partial charge in [0.15, 0.2) is 6.10 Å². The van der Waals surface area contributed by atoms with Crippen molar-refractivity contribution in [1.82, 2.24) is 25.4 Å². The van der Waals surface area contributed by atoms with Crippen LogP contribution in [0.15, 0.2) is 23.6 Å². The maximum atomic E-state index is 14.9. The summed E-state index contributed by atoms with van der Waals surface area (Å²) in [4.78, 5) is 75.6. The Morgan fingerprint density at radius 2 is 1.81 bits per heavy atom. The fourth-order valence-electron chi connectivity index (χ4n) is 7.73. The highest BCUT2D eigenvalue weighted by atomic mass is 32.1. The molecule has 3 rings (SSSR count). The van der Waals surface area contributed by atoms with Crippen molar-refractivity contribution < 1.29 is 38.2 Å². The number of unbranched alkanes of at least 4 members (excludes halogenated alkanes) is 3. The number of amides is 3. The van der Waals surface area contributed by atoms with Gasteiger partial charge in [-0.25, -0.2) is 9.37 Å². The highest BCUT2D eigenvalue weighted by Crippen LogP contribution is 2.32. The summed E-state index contributed by atoms with van der Waals surface area (Å²) in [7, 11) is 1.95. The van der Waals surface area contributed by atoms with Gasteiger partial charge >= 0.3 is 11.9 Å². The normalized spacial score (nSPS) is 17.4. The van der Waals surface area contributed by atoms with E-state index in [2.05, 4.69) is 27.4 Å². The molecule has 1 aliphatic rings. The quantitative estimate of drug-likeness (QED) is 0.0509. The molecule has 1 aliphatic heterocycles. The number of carboxylic acids is 1. The van der Waals surface area contributed by atoms with Crippen molar-refractivity contribution in [2.75, 3.05) is 25.9 Å². The number of nitrogens with one attached hydrogen (secondary N) is 2. The largest absolute Gasteiger partial charge is 0.481 e. The number of esters is 1. The molecule has 0 unspecified atom stereocenters. The molecule has 2 aromatic rings. The topological polar surface area (TPSA) is 184 Å². The molecule has 2 heterocycles. The number of thiazole rings is 1. The number of likely N-dealkylation sites (tertiary alicyclic amines) is 1. The molecule has 0 saturated carbocycles. The number of hydrogen-bond donors (Lipinski definition) is 4. The minimum Gasteiger partial charge on any atom is -0.481 e. The van der Waals surface area contributed by atoms with Gasteiger partial charge in [0.05, 0.1) is 17.1 Å². The number of carbonyl (C=O) groups excluding carboxylic acids is 4. The van der Waals surface area contributed by atoms with Gasteiger partial charge in [-0.3, -0.25) is 28.9 Å². The molecule has 59 heavy (non-hydrogen) atoms. The number of aromatic nitrogens is 1. The predicted molar refractivity (Wildman–Crippen MR) is 229 cm³/mol. The number of carbonyl (C=O) groups is 5. The first-order chi connectivity index (χ1) is 27.8. The van der Waals surface area contributed by atoms with Crippen LogP contribution in [0.2, 0.25) is 0 Å². The standard InChI is InChI=1S/C44H69FN6O7S/c1-10-12-13-15-21-51(42(55)38(28(5)11-2)49-40(54)35-17-14-16-20-50(35)9)36(27(3)4)24-37(58-29(6)52)41-48-34(26-59-41)39(53)47-31(25-44(7,8)43(56)57)22-30-18-19-32(45)33(46)23-30/h18-19,23,26-28,31,35-38H,10-17,20-22,24-25,46H2,1-9H3,(H,47,53)(H,49,54)(H,56,57)/t28-,31-,35+,36+,37+,38-/m0/s1. The number of likely N-dealkylation sites (N-methyl/N-ethyl adjacent to an activating group) is 1. The zero-order valence-electron chi connectivity index (χ0n) is 36.6. The lowest BCUT2D eigenvalue weighted by Crippen LogP contribution is -2.59. The third-order valence-corrected chi connectivity index (χ3v) is 12.5. The maximum Gasteiger partial charge on any atom is 0.309 e. The monoisotopic (exact) mass is 844 g/mol. The average Bonchev–Trinajstić information content (AvgIpc) is 3.67. The van der Waals surface area contributed by atoms with Crippen LogP contribution < -0.4 is 16.4 Å². The van der Waals surface area contributed by atoms with Crippen molar-refractivity contribution >= 4 is 46.7 Å². The van der Waals surface area contributed by atoms with Gasteiger partial charge in [0.2, 0.25) is 11.8 Å². The van der Waals surface area contributed by atoms with Gasteiger partial charge in [-0.05, 0) is 89.1 Å². The lowest BCUT2D eigenvalue weighted by molar-refractivity contribution is -0.150. The third kappa shape index (κ3) is 14.5. The molecular formula is C44H69FN6O7S. The summed E-state index contributed by atoms with van der Waals surface area (Å²) in [6.07, 6.45) is 6.69. The van der Waals surface area contributed by atoms with Crippen LogP contribution in [0.25, 0.3) is 0 Å². The van der Waals surface area contributed by atoms with E-state index in [0.29, 0.717) is 23.5 Å². The molecule has 0 aliphatic carbocycles. The number of benzene rings is 1. The predicted octanol–water partition coefficient (Wildman–Crippen LogP) is 7.15. The van der Waals surface area contributed by atoms with Gasteiger partial charge in [-0.15, -0.1) is 11.3 Å². The number of aliphatic carboxylic acids is 1. The maximum absolute atomic E-state index is 14.9. The molecule has 1 aromatic carbocycles. The first kappa shape index (κ1) is 49.3. The Bertz CT molecular complexity index is 1720.